The van der Waals surface area contributed by atoms with Crippen LogP contribution in [0.4, 0.5) is 0 Å². The summed E-state index contributed by atoms with van der Waals surface area (Å²) in [6.07, 6.45) is 5.38. The molecule has 0 aliphatic carbocycles. The van der Waals surface area contributed by atoms with E-state index in [2.05, 4.69) is 12.2 Å². The minimum atomic E-state index is -3.69. The fourth-order valence-corrected chi connectivity index (χ4v) is 5.70. The highest BCUT2D eigenvalue weighted by atomic mass is 32.2. The van der Waals surface area contributed by atoms with Gasteiger partial charge in [-0.15, -0.1) is 0 Å². The molecule has 0 spiro atoms. The lowest BCUT2D eigenvalue weighted by atomic mass is 9.97. The summed E-state index contributed by atoms with van der Waals surface area (Å²) in [7, 11) is -1.98. The SMILES string of the molecule is CCCNC(=O)C1CCN(S(=O)(=O)c2cc(C(=O)N3CCC(C)CC3)n(C)c2)CC1. The van der Waals surface area contributed by atoms with Crippen LogP contribution in [0.25, 0.3) is 0 Å². The van der Waals surface area contributed by atoms with Crippen LogP contribution in [0, 0.1) is 11.8 Å². The Labute approximate surface area is 179 Å². The second-order valence-electron chi connectivity index (χ2n) is 8.62. The molecule has 1 N–H and O–H groups in total. The van der Waals surface area contributed by atoms with Gasteiger partial charge in [0, 0.05) is 51.9 Å². The zero-order chi connectivity index (χ0) is 21.9. The lowest BCUT2D eigenvalue weighted by Gasteiger charge is -2.30. The molecule has 0 bridgehead atoms. The third-order valence-corrected chi connectivity index (χ3v) is 8.15. The molecule has 2 fully saturated rings. The molecule has 0 unspecified atom stereocenters. The van der Waals surface area contributed by atoms with E-state index in [1.54, 1.807) is 11.6 Å². The smallest absolute Gasteiger partial charge is 0.270 e. The van der Waals surface area contributed by atoms with E-state index in [1.165, 1.54) is 16.6 Å². The van der Waals surface area contributed by atoms with Crippen LogP contribution in [0.15, 0.2) is 17.2 Å². The Morgan fingerprint density at radius 2 is 1.73 bits per heavy atom. The molecule has 1 aromatic rings. The quantitative estimate of drug-likeness (QED) is 0.733. The highest BCUT2D eigenvalue weighted by Crippen LogP contribution is 2.26. The average Bonchev–Trinajstić information content (AvgIpc) is 3.14. The van der Waals surface area contributed by atoms with E-state index >= 15 is 0 Å². The molecule has 168 valence electrons. The summed E-state index contributed by atoms with van der Waals surface area (Å²) >= 11 is 0. The van der Waals surface area contributed by atoms with Crippen molar-refractivity contribution in [3.8, 4) is 0 Å². The van der Waals surface area contributed by atoms with Gasteiger partial charge in [0.05, 0.1) is 0 Å². The van der Waals surface area contributed by atoms with Crippen molar-refractivity contribution in [3.05, 3.63) is 18.0 Å². The molecule has 1 aromatic heterocycles. The third kappa shape index (κ3) is 4.88. The van der Waals surface area contributed by atoms with Crippen LogP contribution in [-0.4, -0.2) is 66.7 Å². The number of piperidine rings is 2. The molecular weight excluding hydrogens is 404 g/mol. The largest absolute Gasteiger partial charge is 0.356 e. The van der Waals surface area contributed by atoms with Crippen LogP contribution in [0.2, 0.25) is 0 Å². The molecule has 3 rings (SSSR count). The molecule has 3 heterocycles. The molecule has 0 aromatic carbocycles. The number of aryl methyl sites for hydroxylation is 1. The van der Waals surface area contributed by atoms with Gasteiger partial charge in [-0.1, -0.05) is 13.8 Å². The standard InChI is InChI=1S/C21H34N4O4S/c1-4-9-22-20(26)17-7-12-25(13-8-17)30(28,29)18-14-19(23(3)15-18)21(27)24-10-5-16(2)6-11-24/h14-17H,4-13H2,1-3H3,(H,22,26). The minimum absolute atomic E-state index is 0.0114. The predicted molar refractivity (Wildman–Crippen MR) is 114 cm³/mol. The van der Waals surface area contributed by atoms with Crippen molar-refractivity contribution in [3.63, 3.8) is 0 Å². The number of nitrogens with one attached hydrogen (secondary N) is 1. The summed E-state index contributed by atoms with van der Waals surface area (Å²) in [5.41, 5.74) is 0.400. The van der Waals surface area contributed by atoms with Gasteiger partial charge in [-0.2, -0.15) is 4.31 Å². The Balaban J connectivity index is 1.67. The van der Waals surface area contributed by atoms with Crippen LogP contribution in [-0.2, 0) is 21.9 Å². The zero-order valence-electron chi connectivity index (χ0n) is 18.3. The number of likely N-dealkylation sites (tertiary alicyclic amines) is 1. The second kappa shape index (κ2) is 9.51. The zero-order valence-corrected chi connectivity index (χ0v) is 19.1. The number of nitrogens with zero attached hydrogens (tertiary/aromatic N) is 3. The summed E-state index contributed by atoms with van der Waals surface area (Å²) in [6.45, 7) is 6.88. The summed E-state index contributed by atoms with van der Waals surface area (Å²) < 4.78 is 29.3. The van der Waals surface area contributed by atoms with Crippen LogP contribution < -0.4 is 5.32 Å². The van der Waals surface area contributed by atoms with Crippen molar-refractivity contribution < 1.29 is 18.0 Å². The molecule has 30 heavy (non-hydrogen) atoms. The van der Waals surface area contributed by atoms with E-state index < -0.39 is 10.0 Å². The molecule has 0 radical (unpaired) electrons. The molecule has 2 aliphatic heterocycles. The Hall–Kier alpha value is -1.87. The lowest BCUT2D eigenvalue weighted by Crippen LogP contribution is -2.43. The molecule has 8 nitrogen and oxygen atoms in total. The van der Waals surface area contributed by atoms with Crippen molar-refractivity contribution in [2.24, 2.45) is 18.9 Å². The maximum atomic E-state index is 13.1. The molecule has 2 saturated heterocycles. The van der Waals surface area contributed by atoms with Gasteiger partial charge in [0.2, 0.25) is 15.9 Å². The Kier molecular flexibility index (Phi) is 7.23. The summed E-state index contributed by atoms with van der Waals surface area (Å²) in [4.78, 5) is 27.0. The Bertz CT molecular complexity index is 864. The number of carbonyl (C=O) groups excluding carboxylic acids is 2. The van der Waals surface area contributed by atoms with Gasteiger partial charge in [0.1, 0.15) is 10.6 Å². The third-order valence-electron chi connectivity index (χ3n) is 6.28. The van der Waals surface area contributed by atoms with Crippen molar-refractivity contribution in [1.82, 2.24) is 19.1 Å². The number of amides is 2. The molecule has 0 saturated carbocycles. The Morgan fingerprint density at radius 1 is 1.10 bits per heavy atom. The van der Waals surface area contributed by atoms with E-state index in [1.807, 2.05) is 11.8 Å². The lowest BCUT2D eigenvalue weighted by molar-refractivity contribution is -0.126. The number of sulfonamides is 1. The normalized spacial score (nSPS) is 19.8. The van der Waals surface area contributed by atoms with Crippen LogP contribution in [0.3, 0.4) is 0 Å². The fourth-order valence-electron chi connectivity index (χ4n) is 4.16. The predicted octanol–water partition coefficient (Wildman–Crippen LogP) is 1.82. The molecule has 2 amide bonds. The van der Waals surface area contributed by atoms with E-state index in [0.717, 1.165) is 19.3 Å². The number of hydrogen-bond acceptors (Lipinski definition) is 4. The molecule has 2 aliphatic rings. The van der Waals surface area contributed by atoms with E-state index in [9.17, 15) is 18.0 Å². The van der Waals surface area contributed by atoms with Gasteiger partial charge in [0.15, 0.2) is 0 Å². The monoisotopic (exact) mass is 438 g/mol. The maximum Gasteiger partial charge on any atom is 0.270 e. The minimum Gasteiger partial charge on any atom is -0.356 e. The van der Waals surface area contributed by atoms with Crippen molar-refractivity contribution in [2.75, 3.05) is 32.7 Å². The van der Waals surface area contributed by atoms with E-state index in [4.69, 9.17) is 0 Å². The van der Waals surface area contributed by atoms with Gasteiger partial charge in [-0.05, 0) is 44.1 Å². The van der Waals surface area contributed by atoms with Crippen LogP contribution in [0.5, 0.6) is 0 Å². The maximum absolute atomic E-state index is 13.1. The number of hydrogen-bond donors (Lipinski definition) is 1. The van der Waals surface area contributed by atoms with Gasteiger partial charge in [0.25, 0.3) is 5.91 Å². The van der Waals surface area contributed by atoms with Gasteiger partial charge in [-0.3, -0.25) is 9.59 Å². The first-order valence-electron chi connectivity index (χ1n) is 11.0. The van der Waals surface area contributed by atoms with Gasteiger partial charge in [-0.25, -0.2) is 8.42 Å². The average molecular weight is 439 g/mol. The summed E-state index contributed by atoms with van der Waals surface area (Å²) in [5, 5.41) is 2.89. The van der Waals surface area contributed by atoms with Gasteiger partial charge < -0.3 is 14.8 Å². The molecule has 0 atom stereocenters. The highest BCUT2D eigenvalue weighted by molar-refractivity contribution is 7.89. The van der Waals surface area contributed by atoms with Gasteiger partial charge >= 0.3 is 0 Å². The second-order valence-corrected chi connectivity index (χ2v) is 10.6. The van der Waals surface area contributed by atoms with E-state index in [-0.39, 0.29) is 22.6 Å². The van der Waals surface area contributed by atoms with Crippen molar-refractivity contribution in [2.45, 2.75) is 50.8 Å². The summed E-state index contributed by atoms with van der Waals surface area (Å²) in [6, 6.07) is 1.50. The Morgan fingerprint density at radius 3 is 2.33 bits per heavy atom. The van der Waals surface area contributed by atoms with E-state index in [0.29, 0.717) is 57.2 Å². The van der Waals surface area contributed by atoms with Crippen LogP contribution in [0.1, 0.15) is 56.4 Å². The van der Waals surface area contributed by atoms with Crippen molar-refractivity contribution >= 4 is 21.8 Å². The van der Waals surface area contributed by atoms with Crippen LogP contribution >= 0.6 is 0 Å². The summed E-state index contributed by atoms with van der Waals surface area (Å²) in [5.74, 6) is 0.372. The van der Waals surface area contributed by atoms with Crippen molar-refractivity contribution in [1.29, 1.82) is 0 Å². The molecular formula is C21H34N4O4S. The first-order valence-corrected chi connectivity index (χ1v) is 12.4. The fraction of sp³-hybridized carbons (Fsp3) is 0.714. The highest BCUT2D eigenvalue weighted by Gasteiger charge is 2.34. The number of rotatable bonds is 6. The molecule has 9 heteroatoms. The number of aromatic nitrogens is 1. The first-order chi connectivity index (χ1) is 14.2. The topological polar surface area (TPSA) is 91.7 Å². The first kappa shape index (κ1) is 22.8. The number of carbonyl (C=O) groups is 2.